The number of nitrogens with two attached hydrogens (primary N) is 1. The van der Waals surface area contributed by atoms with Crippen LogP contribution < -0.4 is 11.1 Å². The molecule has 0 aromatic carbocycles. The summed E-state index contributed by atoms with van der Waals surface area (Å²) in [5.41, 5.74) is 6.05. The molecule has 1 aromatic heterocycles. The molecule has 1 heterocycles. The van der Waals surface area contributed by atoms with E-state index >= 15 is 0 Å². The van der Waals surface area contributed by atoms with Crippen LogP contribution in [0.25, 0.3) is 0 Å². The summed E-state index contributed by atoms with van der Waals surface area (Å²) in [4.78, 5) is 11.0. The van der Waals surface area contributed by atoms with E-state index in [4.69, 9.17) is 10.3 Å². The van der Waals surface area contributed by atoms with E-state index in [1.54, 1.807) is 19.9 Å². The highest BCUT2D eigenvalue weighted by atomic mass is 16.5. The normalized spacial score (nSPS) is 12.5. The number of hydrogen-bond donors (Lipinski definition) is 2. The molecule has 5 heteroatoms. The minimum atomic E-state index is -0.493. The lowest BCUT2D eigenvalue weighted by atomic mass is 10.3. The molecule has 72 valence electrons. The van der Waals surface area contributed by atoms with Crippen molar-refractivity contribution in [3.05, 3.63) is 17.5 Å². The third kappa shape index (κ3) is 2.87. The lowest BCUT2D eigenvalue weighted by Gasteiger charge is -2.04. The van der Waals surface area contributed by atoms with E-state index < -0.39 is 6.04 Å². The number of nitrogens with zero attached hydrogens (tertiary/aromatic N) is 1. The number of aromatic nitrogens is 1. The first-order chi connectivity index (χ1) is 6.09. The van der Waals surface area contributed by atoms with Gasteiger partial charge >= 0.3 is 0 Å². The van der Waals surface area contributed by atoms with Gasteiger partial charge in [0.2, 0.25) is 5.91 Å². The summed E-state index contributed by atoms with van der Waals surface area (Å²) in [5, 5.41) is 6.34. The molecule has 0 spiro atoms. The van der Waals surface area contributed by atoms with Crippen LogP contribution in [0.4, 0.5) is 0 Å². The standard InChI is InChI=1S/C8H13N3O2/c1-5-3-7(11-13-5)4-10-8(12)6(2)9/h3,6H,4,9H2,1-2H3,(H,10,12). The Labute approximate surface area is 76.3 Å². The first kappa shape index (κ1) is 9.73. The van der Waals surface area contributed by atoms with Crippen molar-refractivity contribution in [1.29, 1.82) is 0 Å². The average molecular weight is 183 g/mol. The van der Waals surface area contributed by atoms with Gasteiger partial charge in [0, 0.05) is 6.07 Å². The molecule has 1 aromatic rings. The number of aryl methyl sites for hydroxylation is 1. The number of carbonyl (C=O) groups is 1. The third-order valence-electron chi connectivity index (χ3n) is 1.53. The molecule has 1 rings (SSSR count). The summed E-state index contributed by atoms with van der Waals surface area (Å²) in [6, 6.07) is 1.27. The topological polar surface area (TPSA) is 81.2 Å². The number of amides is 1. The van der Waals surface area contributed by atoms with Gasteiger partial charge in [-0.25, -0.2) is 0 Å². The van der Waals surface area contributed by atoms with Crippen LogP contribution in [0.1, 0.15) is 18.4 Å². The fourth-order valence-corrected chi connectivity index (χ4v) is 0.840. The molecule has 0 fully saturated rings. The summed E-state index contributed by atoms with van der Waals surface area (Å²) in [7, 11) is 0. The smallest absolute Gasteiger partial charge is 0.236 e. The molecule has 1 unspecified atom stereocenters. The maximum absolute atomic E-state index is 11.0. The molecule has 13 heavy (non-hydrogen) atoms. The Morgan fingerprint density at radius 2 is 2.54 bits per heavy atom. The Hall–Kier alpha value is -1.36. The van der Waals surface area contributed by atoms with Crippen molar-refractivity contribution in [2.45, 2.75) is 26.4 Å². The van der Waals surface area contributed by atoms with Crippen molar-refractivity contribution in [2.75, 3.05) is 0 Å². The van der Waals surface area contributed by atoms with Crippen LogP contribution in [-0.2, 0) is 11.3 Å². The minimum absolute atomic E-state index is 0.194. The van der Waals surface area contributed by atoms with Gasteiger partial charge in [-0.05, 0) is 13.8 Å². The maximum atomic E-state index is 11.0. The van der Waals surface area contributed by atoms with E-state index in [1.807, 2.05) is 0 Å². The first-order valence-corrected chi connectivity index (χ1v) is 4.05. The molecule has 1 atom stereocenters. The molecule has 5 nitrogen and oxygen atoms in total. The molecule has 0 saturated carbocycles. The molecule has 1 amide bonds. The van der Waals surface area contributed by atoms with Crippen LogP contribution in [0.15, 0.2) is 10.6 Å². The SMILES string of the molecule is Cc1cc(CNC(=O)C(C)N)no1. The lowest BCUT2D eigenvalue weighted by Crippen LogP contribution is -2.37. The lowest BCUT2D eigenvalue weighted by molar-refractivity contribution is -0.122. The molecule has 0 aliphatic heterocycles. The fourth-order valence-electron chi connectivity index (χ4n) is 0.840. The van der Waals surface area contributed by atoms with Crippen LogP contribution in [-0.4, -0.2) is 17.1 Å². The van der Waals surface area contributed by atoms with Crippen molar-refractivity contribution < 1.29 is 9.32 Å². The zero-order valence-electron chi connectivity index (χ0n) is 7.70. The monoisotopic (exact) mass is 183 g/mol. The molecule has 0 saturated heterocycles. The van der Waals surface area contributed by atoms with Gasteiger partial charge < -0.3 is 15.6 Å². The van der Waals surface area contributed by atoms with Crippen molar-refractivity contribution in [2.24, 2.45) is 5.73 Å². The summed E-state index contributed by atoms with van der Waals surface area (Å²) >= 11 is 0. The van der Waals surface area contributed by atoms with Crippen LogP contribution >= 0.6 is 0 Å². The Morgan fingerprint density at radius 3 is 3.00 bits per heavy atom. The fraction of sp³-hybridized carbons (Fsp3) is 0.500. The van der Waals surface area contributed by atoms with Gasteiger partial charge in [0.05, 0.1) is 12.6 Å². The van der Waals surface area contributed by atoms with Crippen LogP contribution in [0.3, 0.4) is 0 Å². The van der Waals surface area contributed by atoms with E-state index in [2.05, 4.69) is 10.5 Å². The number of rotatable bonds is 3. The molecule has 3 N–H and O–H groups in total. The molecular formula is C8H13N3O2. The Kier molecular flexibility index (Phi) is 3.02. The molecule has 0 bridgehead atoms. The largest absolute Gasteiger partial charge is 0.361 e. The maximum Gasteiger partial charge on any atom is 0.236 e. The van der Waals surface area contributed by atoms with Gasteiger partial charge in [0.15, 0.2) is 0 Å². The summed E-state index contributed by atoms with van der Waals surface area (Å²) < 4.78 is 4.82. The third-order valence-corrected chi connectivity index (χ3v) is 1.53. The predicted molar refractivity (Wildman–Crippen MR) is 46.7 cm³/mol. The first-order valence-electron chi connectivity index (χ1n) is 4.05. The number of carbonyl (C=O) groups excluding carboxylic acids is 1. The predicted octanol–water partition coefficient (Wildman–Crippen LogP) is -0.0536. The van der Waals surface area contributed by atoms with E-state index in [0.29, 0.717) is 12.2 Å². The quantitative estimate of drug-likeness (QED) is 0.688. The molecular weight excluding hydrogens is 170 g/mol. The number of nitrogens with one attached hydrogen (secondary N) is 1. The second-order valence-corrected chi connectivity index (χ2v) is 2.94. The Morgan fingerprint density at radius 1 is 1.85 bits per heavy atom. The Balaban J connectivity index is 2.39. The summed E-state index contributed by atoms with van der Waals surface area (Å²) in [6.45, 7) is 3.78. The van der Waals surface area contributed by atoms with Gasteiger partial charge in [0.1, 0.15) is 11.5 Å². The molecule has 0 radical (unpaired) electrons. The minimum Gasteiger partial charge on any atom is -0.361 e. The van der Waals surface area contributed by atoms with Crippen molar-refractivity contribution in [3.63, 3.8) is 0 Å². The van der Waals surface area contributed by atoms with E-state index in [9.17, 15) is 4.79 Å². The molecule has 0 aliphatic rings. The van der Waals surface area contributed by atoms with E-state index in [-0.39, 0.29) is 5.91 Å². The zero-order valence-corrected chi connectivity index (χ0v) is 7.70. The average Bonchev–Trinajstić information content (AvgIpc) is 2.47. The van der Waals surface area contributed by atoms with Crippen LogP contribution in [0.2, 0.25) is 0 Å². The van der Waals surface area contributed by atoms with Gasteiger partial charge in [-0.2, -0.15) is 0 Å². The van der Waals surface area contributed by atoms with Gasteiger partial charge in [0.25, 0.3) is 0 Å². The van der Waals surface area contributed by atoms with E-state index in [1.165, 1.54) is 0 Å². The highest BCUT2D eigenvalue weighted by Crippen LogP contribution is 2.00. The highest BCUT2D eigenvalue weighted by molar-refractivity contribution is 5.80. The highest BCUT2D eigenvalue weighted by Gasteiger charge is 2.07. The van der Waals surface area contributed by atoms with Gasteiger partial charge in [-0.15, -0.1) is 0 Å². The van der Waals surface area contributed by atoms with Crippen molar-refractivity contribution >= 4 is 5.91 Å². The second-order valence-electron chi connectivity index (χ2n) is 2.94. The van der Waals surface area contributed by atoms with Gasteiger partial charge in [-0.3, -0.25) is 4.79 Å². The Bertz CT molecular complexity index is 293. The summed E-state index contributed by atoms with van der Waals surface area (Å²) in [5.74, 6) is 0.533. The van der Waals surface area contributed by atoms with Crippen LogP contribution in [0, 0.1) is 6.92 Å². The zero-order chi connectivity index (χ0) is 9.84. The number of hydrogen-bond acceptors (Lipinski definition) is 4. The van der Waals surface area contributed by atoms with Crippen LogP contribution in [0.5, 0.6) is 0 Å². The van der Waals surface area contributed by atoms with Gasteiger partial charge in [-0.1, -0.05) is 5.16 Å². The van der Waals surface area contributed by atoms with E-state index in [0.717, 1.165) is 5.76 Å². The van der Waals surface area contributed by atoms with Crippen molar-refractivity contribution in [1.82, 2.24) is 10.5 Å². The summed E-state index contributed by atoms with van der Waals surface area (Å²) in [6.07, 6.45) is 0. The molecule has 0 aliphatic carbocycles. The second kappa shape index (κ2) is 4.04. The van der Waals surface area contributed by atoms with Crippen molar-refractivity contribution in [3.8, 4) is 0 Å².